The van der Waals surface area contributed by atoms with Crippen molar-refractivity contribution in [3.63, 3.8) is 0 Å². The van der Waals surface area contributed by atoms with Crippen LogP contribution in [-0.4, -0.2) is 36.1 Å². The van der Waals surface area contributed by atoms with E-state index >= 15 is 0 Å². The quantitative estimate of drug-likeness (QED) is 0.226. The summed E-state index contributed by atoms with van der Waals surface area (Å²) >= 11 is 1.38. The molecule has 0 aliphatic heterocycles. The number of esters is 2. The second kappa shape index (κ2) is 11.7. The summed E-state index contributed by atoms with van der Waals surface area (Å²) in [5.74, 6) is -1.46. The summed E-state index contributed by atoms with van der Waals surface area (Å²) in [4.78, 5) is 39.3. The number of benzene rings is 1. The fourth-order valence-electron chi connectivity index (χ4n) is 5.05. The van der Waals surface area contributed by atoms with Crippen LogP contribution in [-0.2, 0) is 27.1 Å². The number of ether oxygens (including phenoxy) is 2. The molecule has 1 aliphatic rings. The second-order valence-electron chi connectivity index (χ2n) is 9.36. The molecule has 2 heterocycles. The molecule has 0 saturated carbocycles. The van der Waals surface area contributed by atoms with Crippen LogP contribution in [0.4, 0.5) is 5.00 Å². The molecule has 1 N–H and O–H groups in total. The maximum atomic E-state index is 13.3. The molecule has 0 radical (unpaired) electrons. The van der Waals surface area contributed by atoms with Crippen LogP contribution in [0, 0.1) is 32.1 Å². The number of anilines is 1. The fraction of sp³-hybridized carbons (Fsp3) is 0.333. The van der Waals surface area contributed by atoms with E-state index in [4.69, 9.17) is 9.47 Å². The highest BCUT2D eigenvalue weighted by Crippen LogP contribution is 2.39. The predicted molar refractivity (Wildman–Crippen MR) is 150 cm³/mol. The maximum Gasteiger partial charge on any atom is 0.341 e. The molecule has 0 bridgehead atoms. The van der Waals surface area contributed by atoms with Crippen molar-refractivity contribution in [1.29, 1.82) is 5.26 Å². The van der Waals surface area contributed by atoms with Gasteiger partial charge in [0.1, 0.15) is 16.6 Å². The highest BCUT2D eigenvalue weighted by molar-refractivity contribution is 7.17. The van der Waals surface area contributed by atoms with Gasteiger partial charge in [0.15, 0.2) is 0 Å². The lowest BCUT2D eigenvalue weighted by atomic mass is 9.95. The molecule has 3 aromatic rings. The van der Waals surface area contributed by atoms with E-state index in [0.717, 1.165) is 58.8 Å². The van der Waals surface area contributed by atoms with Gasteiger partial charge in [-0.1, -0.05) is 6.07 Å². The molecule has 9 heteroatoms. The molecule has 1 aromatic carbocycles. The van der Waals surface area contributed by atoms with E-state index in [1.165, 1.54) is 18.4 Å². The maximum absolute atomic E-state index is 13.3. The van der Waals surface area contributed by atoms with Crippen molar-refractivity contribution in [2.45, 2.75) is 53.4 Å². The van der Waals surface area contributed by atoms with Crippen molar-refractivity contribution >= 4 is 40.3 Å². The highest BCUT2D eigenvalue weighted by Gasteiger charge is 2.28. The van der Waals surface area contributed by atoms with Crippen molar-refractivity contribution in [1.82, 2.24) is 4.57 Å². The molecule has 0 saturated heterocycles. The van der Waals surface area contributed by atoms with Gasteiger partial charge in [0, 0.05) is 22.0 Å². The predicted octanol–water partition coefficient (Wildman–Crippen LogP) is 5.85. The number of nitrogens with one attached hydrogen (secondary N) is 1. The molecule has 202 valence electrons. The zero-order valence-electron chi connectivity index (χ0n) is 22.8. The first kappa shape index (κ1) is 27.9. The average molecular weight is 546 g/mol. The Bertz CT molecular complexity index is 1540. The van der Waals surface area contributed by atoms with Gasteiger partial charge in [-0.2, -0.15) is 5.26 Å². The first-order chi connectivity index (χ1) is 18.7. The molecule has 0 spiro atoms. The van der Waals surface area contributed by atoms with Crippen LogP contribution >= 0.6 is 11.3 Å². The van der Waals surface area contributed by atoms with Gasteiger partial charge >= 0.3 is 11.9 Å². The van der Waals surface area contributed by atoms with Gasteiger partial charge < -0.3 is 19.4 Å². The second-order valence-corrected chi connectivity index (χ2v) is 10.5. The van der Waals surface area contributed by atoms with Crippen LogP contribution < -0.4 is 5.32 Å². The summed E-state index contributed by atoms with van der Waals surface area (Å²) in [5, 5.41) is 13.1. The molecule has 4 rings (SSSR count). The molecule has 0 atom stereocenters. The van der Waals surface area contributed by atoms with Crippen LogP contribution in [0.1, 0.15) is 73.4 Å². The molecule has 2 aromatic heterocycles. The third-order valence-corrected chi connectivity index (χ3v) is 8.17. The van der Waals surface area contributed by atoms with Crippen LogP contribution in [0.25, 0.3) is 11.8 Å². The lowest BCUT2D eigenvalue weighted by Crippen LogP contribution is -2.16. The number of carbonyl (C=O) groups is 3. The van der Waals surface area contributed by atoms with Gasteiger partial charge in [-0.05, 0) is 94.3 Å². The number of nitriles is 1. The summed E-state index contributed by atoms with van der Waals surface area (Å²) in [5.41, 5.74) is 5.65. The van der Waals surface area contributed by atoms with Crippen molar-refractivity contribution in [2.75, 3.05) is 19.0 Å². The number of methoxy groups -OCH3 is 1. The standard InChI is InChI=1S/C30H31N3O5S/c1-6-38-30(36)26-23-10-7-8-13-25(23)39-28(26)32-27(34)21(16-31)15-20-14-17(2)33(19(20)4)24-12-9-11-22(18(24)3)29(35)37-5/h9,11-12,14-15H,6-8,10,13H2,1-5H3,(H,32,34). The van der Waals surface area contributed by atoms with E-state index < -0.39 is 17.8 Å². The summed E-state index contributed by atoms with van der Waals surface area (Å²) in [7, 11) is 1.35. The van der Waals surface area contributed by atoms with Crippen molar-refractivity contribution in [3.05, 3.63) is 73.9 Å². The molecular weight excluding hydrogens is 514 g/mol. The minimum atomic E-state index is -0.588. The highest BCUT2D eigenvalue weighted by atomic mass is 32.1. The van der Waals surface area contributed by atoms with E-state index in [1.807, 2.05) is 43.5 Å². The van der Waals surface area contributed by atoms with Crippen molar-refractivity contribution in [3.8, 4) is 11.8 Å². The number of aromatic nitrogens is 1. The molecule has 1 amide bonds. The summed E-state index contributed by atoms with van der Waals surface area (Å²) in [6.07, 6.45) is 5.17. The number of hydrogen-bond donors (Lipinski definition) is 1. The van der Waals surface area contributed by atoms with Gasteiger partial charge in [0.25, 0.3) is 5.91 Å². The number of thiophene rings is 1. The Morgan fingerprint density at radius 2 is 1.90 bits per heavy atom. The molecule has 8 nitrogen and oxygen atoms in total. The number of rotatable bonds is 7. The molecule has 0 fully saturated rings. The Morgan fingerprint density at radius 3 is 2.59 bits per heavy atom. The third kappa shape index (κ3) is 5.38. The number of fused-ring (bicyclic) bond motifs is 1. The van der Waals surface area contributed by atoms with E-state index in [-0.39, 0.29) is 12.2 Å². The Balaban J connectivity index is 1.69. The zero-order valence-corrected chi connectivity index (χ0v) is 23.6. The number of nitrogens with zero attached hydrogens (tertiary/aromatic N) is 2. The Labute approximate surface area is 231 Å². The average Bonchev–Trinajstić information content (AvgIpc) is 3.42. The largest absolute Gasteiger partial charge is 0.465 e. The van der Waals surface area contributed by atoms with Gasteiger partial charge in [-0.3, -0.25) is 4.79 Å². The van der Waals surface area contributed by atoms with Crippen LogP contribution in [0.3, 0.4) is 0 Å². The minimum Gasteiger partial charge on any atom is -0.465 e. The number of hydrogen-bond acceptors (Lipinski definition) is 7. The lowest BCUT2D eigenvalue weighted by Gasteiger charge is -2.15. The summed E-state index contributed by atoms with van der Waals surface area (Å²) in [6, 6.07) is 9.31. The number of aryl methyl sites for hydroxylation is 2. The van der Waals surface area contributed by atoms with E-state index in [1.54, 1.807) is 25.1 Å². The van der Waals surface area contributed by atoms with E-state index in [0.29, 0.717) is 21.7 Å². The SMILES string of the molecule is CCOC(=O)c1c(NC(=O)C(C#N)=Cc2cc(C)n(-c3cccc(C(=O)OC)c3C)c2C)sc2c1CCCC2. The fourth-order valence-corrected chi connectivity index (χ4v) is 6.32. The molecular formula is C30H31N3O5S. The minimum absolute atomic E-state index is 0.0866. The van der Waals surface area contributed by atoms with Crippen LogP contribution in [0.2, 0.25) is 0 Å². The smallest absolute Gasteiger partial charge is 0.341 e. The Kier molecular flexibility index (Phi) is 8.36. The van der Waals surface area contributed by atoms with E-state index in [2.05, 4.69) is 5.32 Å². The Hall–Kier alpha value is -4.16. The summed E-state index contributed by atoms with van der Waals surface area (Å²) in [6.45, 7) is 7.64. The molecule has 0 unspecified atom stereocenters. The van der Waals surface area contributed by atoms with Gasteiger partial charge in [-0.25, -0.2) is 9.59 Å². The molecule has 1 aliphatic carbocycles. The van der Waals surface area contributed by atoms with Gasteiger partial charge in [0.2, 0.25) is 0 Å². The third-order valence-electron chi connectivity index (χ3n) is 6.96. The van der Waals surface area contributed by atoms with Crippen molar-refractivity contribution in [2.24, 2.45) is 0 Å². The first-order valence-corrected chi connectivity index (χ1v) is 13.6. The molecule has 39 heavy (non-hydrogen) atoms. The normalized spacial score (nSPS) is 12.9. The Morgan fingerprint density at radius 1 is 1.15 bits per heavy atom. The summed E-state index contributed by atoms with van der Waals surface area (Å²) < 4.78 is 12.2. The lowest BCUT2D eigenvalue weighted by molar-refractivity contribution is -0.112. The van der Waals surface area contributed by atoms with Gasteiger partial charge in [0.05, 0.1) is 24.8 Å². The van der Waals surface area contributed by atoms with E-state index in [9.17, 15) is 19.6 Å². The number of amides is 1. The van der Waals surface area contributed by atoms with Gasteiger partial charge in [-0.15, -0.1) is 11.3 Å². The topological polar surface area (TPSA) is 110 Å². The first-order valence-electron chi connectivity index (χ1n) is 12.8. The zero-order chi connectivity index (χ0) is 28.3. The van der Waals surface area contributed by atoms with Crippen molar-refractivity contribution < 1.29 is 23.9 Å². The monoisotopic (exact) mass is 545 g/mol. The van der Waals surface area contributed by atoms with Crippen LogP contribution in [0.15, 0.2) is 29.8 Å². The number of carbonyl (C=O) groups excluding carboxylic acids is 3. The van der Waals surface area contributed by atoms with Crippen LogP contribution in [0.5, 0.6) is 0 Å².